The summed E-state index contributed by atoms with van der Waals surface area (Å²) in [5, 5.41) is 6.36. The predicted octanol–water partition coefficient (Wildman–Crippen LogP) is 2.97. The van der Waals surface area contributed by atoms with Crippen molar-refractivity contribution in [3.63, 3.8) is 0 Å². The highest BCUT2D eigenvalue weighted by atomic mass is 32.2. The van der Waals surface area contributed by atoms with Crippen LogP contribution in [-0.4, -0.2) is 56.4 Å². The Morgan fingerprint density at radius 2 is 1.97 bits per heavy atom. The van der Waals surface area contributed by atoms with Crippen LogP contribution >= 0.6 is 0 Å². The molecule has 1 atom stereocenters. The average Bonchev–Trinajstić information content (AvgIpc) is 2.65. The highest BCUT2D eigenvalue weighted by Crippen LogP contribution is 2.29. The van der Waals surface area contributed by atoms with Crippen molar-refractivity contribution in [2.45, 2.75) is 51.1 Å². The Hall–Kier alpha value is -1.81. The third-order valence-electron chi connectivity index (χ3n) is 4.91. The molecule has 1 heterocycles. The summed E-state index contributed by atoms with van der Waals surface area (Å²) >= 11 is 0. The van der Waals surface area contributed by atoms with Crippen molar-refractivity contribution < 1.29 is 21.6 Å². The molecule has 1 unspecified atom stereocenters. The lowest BCUT2D eigenvalue weighted by Crippen LogP contribution is -2.51. The zero-order valence-corrected chi connectivity index (χ0v) is 17.8. The minimum absolute atomic E-state index is 0.137. The largest absolute Gasteiger partial charge is 0.511 e. The maximum Gasteiger partial charge on any atom is 0.511 e. The summed E-state index contributed by atoms with van der Waals surface area (Å²) in [6, 6.07) is 8.09. The second-order valence-corrected chi connectivity index (χ2v) is 9.23. The van der Waals surface area contributed by atoms with Gasteiger partial charge in [-0.15, -0.1) is 0 Å². The number of benzene rings is 1. The van der Waals surface area contributed by atoms with E-state index in [1.54, 1.807) is 0 Å². The Labute approximate surface area is 170 Å². The molecule has 6 nitrogen and oxygen atoms in total. The third kappa shape index (κ3) is 6.33. The van der Waals surface area contributed by atoms with Gasteiger partial charge in [-0.05, 0) is 32.3 Å². The van der Waals surface area contributed by atoms with Crippen molar-refractivity contribution in [3.8, 4) is 0 Å². The molecule has 1 aliphatic heterocycles. The van der Waals surface area contributed by atoms with Crippen molar-refractivity contribution in [2.24, 2.45) is 4.99 Å². The molecular weight excluding hydrogens is 405 g/mol. The van der Waals surface area contributed by atoms with Crippen LogP contribution in [0.4, 0.5) is 13.2 Å². The zero-order valence-electron chi connectivity index (χ0n) is 17.0. The summed E-state index contributed by atoms with van der Waals surface area (Å²) in [6.07, 6.45) is 0.570. The molecule has 0 aromatic heterocycles. The zero-order chi connectivity index (χ0) is 21.7. The number of guanidine groups is 1. The van der Waals surface area contributed by atoms with Gasteiger partial charge >= 0.3 is 15.5 Å². The summed E-state index contributed by atoms with van der Waals surface area (Å²) in [5.41, 5.74) is -2.88. The van der Waals surface area contributed by atoms with E-state index in [1.807, 2.05) is 26.0 Å². The lowest BCUT2D eigenvalue weighted by atomic mass is 10.00. The Balaban J connectivity index is 1.95. The number of alkyl halides is 3. The molecule has 0 aliphatic carbocycles. The summed E-state index contributed by atoms with van der Waals surface area (Å²) in [7, 11) is -5.26. The average molecular weight is 435 g/mol. The number of piperidine rings is 1. The van der Waals surface area contributed by atoms with Crippen LogP contribution in [0.2, 0.25) is 0 Å². The third-order valence-corrected chi connectivity index (χ3v) is 6.54. The van der Waals surface area contributed by atoms with Crippen molar-refractivity contribution in [3.05, 3.63) is 35.4 Å². The first-order valence-corrected chi connectivity index (χ1v) is 11.2. The Bertz CT molecular complexity index is 804. The van der Waals surface area contributed by atoms with Crippen molar-refractivity contribution in [1.82, 2.24) is 14.9 Å². The molecule has 10 heteroatoms. The van der Waals surface area contributed by atoms with Gasteiger partial charge in [-0.25, -0.2) is 8.42 Å². The second-order valence-electron chi connectivity index (χ2n) is 7.30. The van der Waals surface area contributed by atoms with Gasteiger partial charge in [0, 0.05) is 38.1 Å². The van der Waals surface area contributed by atoms with E-state index in [0.717, 1.165) is 0 Å². The van der Waals surface area contributed by atoms with Crippen LogP contribution < -0.4 is 10.6 Å². The first-order valence-electron chi connectivity index (χ1n) is 9.72. The standard InChI is InChI=1S/C19H29F3N4O2S/c1-4-23-18(24-13-15(3)16-7-5-6-14(2)12-16)25-17-8-10-26(11-9-17)29(27,28)19(20,21)22/h5-7,12,15,17H,4,8-11,13H2,1-3H3,(H2,23,24,25). The highest BCUT2D eigenvalue weighted by molar-refractivity contribution is 7.90. The summed E-state index contributed by atoms with van der Waals surface area (Å²) in [4.78, 5) is 4.60. The predicted molar refractivity (Wildman–Crippen MR) is 108 cm³/mol. The van der Waals surface area contributed by atoms with Crippen LogP contribution in [0.3, 0.4) is 0 Å². The number of hydrogen-bond acceptors (Lipinski definition) is 3. The van der Waals surface area contributed by atoms with Gasteiger partial charge < -0.3 is 10.6 Å². The summed E-state index contributed by atoms with van der Waals surface area (Å²) in [5.74, 6) is 0.799. The molecule has 164 valence electrons. The maximum atomic E-state index is 12.7. The van der Waals surface area contributed by atoms with Crippen molar-refractivity contribution in [2.75, 3.05) is 26.2 Å². The second kappa shape index (κ2) is 9.80. The molecule has 0 amide bonds. The van der Waals surface area contributed by atoms with Crippen molar-refractivity contribution >= 4 is 16.0 Å². The van der Waals surface area contributed by atoms with E-state index in [0.29, 0.717) is 23.4 Å². The SMILES string of the molecule is CCNC(=NCC(C)c1cccc(C)c1)NC1CCN(S(=O)(=O)C(F)(F)F)CC1. The Morgan fingerprint density at radius 3 is 2.52 bits per heavy atom. The van der Waals surface area contributed by atoms with Gasteiger partial charge in [0.25, 0.3) is 0 Å². The monoisotopic (exact) mass is 434 g/mol. The minimum Gasteiger partial charge on any atom is -0.357 e. The topological polar surface area (TPSA) is 73.8 Å². The number of hydrogen-bond donors (Lipinski definition) is 2. The van der Waals surface area contributed by atoms with E-state index in [4.69, 9.17) is 0 Å². The van der Waals surface area contributed by atoms with Gasteiger partial charge in [-0.3, -0.25) is 4.99 Å². The van der Waals surface area contributed by atoms with Gasteiger partial charge in [0.05, 0.1) is 0 Å². The van der Waals surface area contributed by atoms with E-state index < -0.39 is 15.5 Å². The lowest BCUT2D eigenvalue weighted by Gasteiger charge is -2.32. The minimum atomic E-state index is -5.26. The lowest BCUT2D eigenvalue weighted by molar-refractivity contribution is -0.0494. The number of aryl methyl sites for hydroxylation is 1. The van der Waals surface area contributed by atoms with Crippen LogP contribution in [-0.2, 0) is 10.0 Å². The fourth-order valence-corrected chi connectivity index (χ4v) is 4.19. The molecule has 29 heavy (non-hydrogen) atoms. The molecular formula is C19H29F3N4O2S. The molecule has 0 radical (unpaired) electrons. The van der Waals surface area contributed by atoms with Gasteiger partial charge in [0.2, 0.25) is 0 Å². The van der Waals surface area contributed by atoms with Crippen LogP contribution in [0.15, 0.2) is 29.3 Å². The summed E-state index contributed by atoms with van der Waals surface area (Å²) in [6.45, 7) is 6.92. The van der Waals surface area contributed by atoms with Crippen LogP contribution in [0.1, 0.15) is 43.7 Å². The molecule has 0 saturated carbocycles. The van der Waals surface area contributed by atoms with E-state index in [9.17, 15) is 21.6 Å². The number of aliphatic imine (C=N–C) groups is 1. The van der Waals surface area contributed by atoms with Crippen LogP contribution in [0.25, 0.3) is 0 Å². The van der Waals surface area contributed by atoms with Gasteiger partial charge in [-0.2, -0.15) is 17.5 Å². The molecule has 1 saturated heterocycles. The number of rotatable bonds is 6. The van der Waals surface area contributed by atoms with E-state index in [2.05, 4.69) is 34.7 Å². The number of sulfonamides is 1. The highest BCUT2D eigenvalue weighted by Gasteiger charge is 2.50. The molecule has 1 aromatic rings. The van der Waals surface area contributed by atoms with Gasteiger partial charge in [0.1, 0.15) is 0 Å². The van der Waals surface area contributed by atoms with Gasteiger partial charge in [0.15, 0.2) is 5.96 Å². The number of halogens is 3. The van der Waals surface area contributed by atoms with Crippen LogP contribution in [0.5, 0.6) is 0 Å². The maximum absolute atomic E-state index is 12.7. The molecule has 0 bridgehead atoms. The molecule has 0 spiro atoms. The molecule has 1 aliphatic rings. The summed E-state index contributed by atoms with van der Waals surface area (Å²) < 4.78 is 61.6. The number of nitrogens with zero attached hydrogens (tertiary/aromatic N) is 2. The number of nitrogens with one attached hydrogen (secondary N) is 2. The fourth-order valence-electron chi connectivity index (χ4n) is 3.21. The van der Waals surface area contributed by atoms with Crippen molar-refractivity contribution in [1.29, 1.82) is 0 Å². The smallest absolute Gasteiger partial charge is 0.357 e. The van der Waals surface area contributed by atoms with E-state index in [-0.39, 0.29) is 37.9 Å². The quantitative estimate of drug-likeness (QED) is 0.533. The van der Waals surface area contributed by atoms with E-state index in [1.165, 1.54) is 11.1 Å². The Morgan fingerprint density at radius 1 is 1.31 bits per heavy atom. The normalized spacial score (nSPS) is 18.5. The van der Waals surface area contributed by atoms with Gasteiger partial charge in [-0.1, -0.05) is 36.8 Å². The fraction of sp³-hybridized carbons (Fsp3) is 0.632. The molecule has 2 N–H and O–H groups in total. The Kier molecular flexibility index (Phi) is 7.93. The first-order chi connectivity index (χ1) is 13.5. The molecule has 1 fully saturated rings. The molecule has 2 rings (SSSR count). The molecule has 1 aromatic carbocycles. The van der Waals surface area contributed by atoms with Crippen LogP contribution in [0, 0.1) is 6.92 Å². The van der Waals surface area contributed by atoms with E-state index >= 15 is 0 Å². The first kappa shape index (κ1) is 23.5.